The van der Waals surface area contributed by atoms with Crippen LogP contribution in [0.3, 0.4) is 0 Å². The van der Waals surface area contributed by atoms with E-state index in [-0.39, 0.29) is 18.1 Å². The largest absolute Gasteiger partial charge is 0.367 e. The first-order valence-electron chi connectivity index (χ1n) is 7.15. The summed E-state index contributed by atoms with van der Waals surface area (Å²) in [6, 6.07) is 4.71. The second-order valence-electron chi connectivity index (χ2n) is 5.19. The number of nitrogens with zero attached hydrogens (tertiary/aromatic N) is 3. The Balaban J connectivity index is 2.08. The minimum absolute atomic E-state index is 0.0395. The molecule has 0 unspecified atom stereocenters. The Labute approximate surface area is 144 Å². The second-order valence-corrected chi connectivity index (χ2v) is 7.68. The maximum atomic E-state index is 14.3. The number of quaternary nitrogens is 1. The number of benzene rings is 1. The van der Waals surface area contributed by atoms with Crippen molar-refractivity contribution in [3.8, 4) is 0 Å². The van der Waals surface area contributed by atoms with Crippen LogP contribution in [0.15, 0.2) is 40.2 Å². The Morgan fingerprint density at radius 3 is 2.75 bits per heavy atom. The molecular weight excluding hydrogens is 353 g/mol. The molecule has 1 aliphatic heterocycles. The molecule has 1 saturated heterocycles. The molecule has 0 radical (unpaired) electrons. The summed E-state index contributed by atoms with van der Waals surface area (Å²) in [6.07, 6.45) is 1.56. The number of isothiocyanates is 1. The number of nitrogens with one attached hydrogen (secondary N) is 1. The summed E-state index contributed by atoms with van der Waals surface area (Å²) >= 11 is 4.45. The average Bonchev–Trinajstić information content (AvgIpc) is 2.56. The van der Waals surface area contributed by atoms with Gasteiger partial charge in [-0.3, -0.25) is 5.32 Å². The number of thiocarbonyl (C=S) groups is 1. The van der Waals surface area contributed by atoms with Crippen LogP contribution in [-0.2, 0) is 9.84 Å². The number of sulfone groups is 1. The molecule has 7 nitrogen and oxygen atoms in total. The minimum atomic E-state index is -3.00. The van der Waals surface area contributed by atoms with Crippen LogP contribution in [0.25, 0.3) is 0 Å². The van der Waals surface area contributed by atoms with Crippen molar-refractivity contribution in [2.45, 2.75) is 0 Å². The Morgan fingerprint density at radius 2 is 2.17 bits per heavy atom. The zero-order valence-corrected chi connectivity index (χ0v) is 14.4. The van der Waals surface area contributed by atoms with Gasteiger partial charge in [-0.25, -0.2) is 23.3 Å². The molecule has 3 N–H and O–H groups in total. The Kier molecular flexibility index (Phi) is 6.27. The van der Waals surface area contributed by atoms with Gasteiger partial charge in [-0.1, -0.05) is 0 Å². The van der Waals surface area contributed by atoms with Crippen molar-refractivity contribution in [1.82, 2.24) is 0 Å². The Hall–Kier alpha value is -2.00. The van der Waals surface area contributed by atoms with Gasteiger partial charge in [0.25, 0.3) is 0 Å². The fraction of sp³-hybridized carbons (Fsp3) is 0.357. The predicted molar refractivity (Wildman–Crippen MR) is 92.0 cm³/mol. The van der Waals surface area contributed by atoms with E-state index in [0.717, 1.165) is 0 Å². The quantitative estimate of drug-likeness (QED) is 0.340. The molecular formula is C14H17FN5O2S2+. The van der Waals surface area contributed by atoms with E-state index in [9.17, 15) is 12.8 Å². The average molecular weight is 370 g/mol. The van der Waals surface area contributed by atoms with Gasteiger partial charge in [-0.2, -0.15) is 5.11 Å². The summed E-state index contributed by atoms with van der Waals surface area (Å²) in [6.45, 7) is 0.728. The Bertz CT molecular complexity index is 789. The first-order valence-corrected chi connectivity index (χ1v) is 9.38. The number of hydrogen-bond acceptors (Lipinski definition) is 7. The number of rotatable bonds is 6. The van der Waals surface area contributed by atoms with Gasteiger partial charge in [0.2, 0.25) is 0 Å². The molecule has 10 heteroatoms. The third-order valence-corrected chi connectivity index (χ3v) is 5.31. The lowest BCUT2D eigenvalue weighted by Gasteiger charge is -2.28. The molecule has 1 fully saturated rings. The Morgan fingerprint density at radius 1 is 1.46 bits per heavy atom. The molecule has 0 saturated carbocycles. The van der Waals surface area contributed by atoms with E-state index >= 15 is 0 Å². The van der Waals surface area contributed by atoms with Gasteiger partial charge in [-0.15, -0.1) is 0 Å². The summed E-state index contributed by atoms with van der Waals surface area (Å²) < 4.78 is 37.2. The number of halogens is 1. The number of aliphatic imine (C=N–C) groups is 1. The lowest BCUT2D eigenvalue weighted by Crippen LogP contribution is -2.71. The molecule has 2 rings (SSSR count). The van der Waals surface area contributed by atoms with Crippen molar-refractivity contribution in [2.75, 3.05) is 36.0 Å². The fourth-order valence-electron chi connectivity index (χ4n) is 2.27. The van der Waals surface area contributed by atoms with E-state index in [1.165, 1.54) is 6.07 Å². The van der Waals surface area contributed by atoms with Gasteiger partial charge in [0.1, 0.15) is 17.6 Å². The summed E-state index contributed by atoms with van der Waals surface area (Å²) in [5.74, 6) is -0.340. The minimum Gasteiger partial charge on any atom is -0.367 e. The normalized spacial score (nSPS) is 17.2. The van der Waals surface area contributed by atoms with E-state index in [2.05, 4.69) is 27.5 Å². The standard InChI is InChI=1S/C14H16FN5O2S2/c15-13-7-11(18-9-12(19-16)8-17-10-23)1-2-14(13)20-3-5-24(21,22)6-4-20/h1-2,7,9,16,18H,3-6,8H2/p+1/b12-9-,19-16?. The lowest BCUT2D eigenvalue weighted by atomic mass is 10.2. The molecule has 1 heterocycles. The first kappa shape index (κ1) is 18.3. The predicted octanol–water partition coefficient (Wildman–Crippen LogP) is 1.23. The zero-order valence-electron chi connectivity index (χ0n) is 12.8. The topological polar surface area (TPSA) is 103 Å². The van der Waals surface area contributed by atoms with Crippen LogP contribution in [0, 0.1) is 11.3 Å². The molecule has 0 aliphatic carbocycles. The van der Waals surface area contributed by atoms with Crippen molar-refractivity contribution >= 4 is 38.6 Å². The summed E-state index contributed by atoms with van der Waals surface area (Å²) in [5.41, 5.74) is 8.40. The van der Waals surface area contributed by atoms with Crippen LogP contribution in [0.5, 0.6) is 0 Å². The van der Waals surface area contributed by atoms with Crippen molar-refractivity contribution in [3.05, 3.63) is 35.9 Å². The molecule has 1 aliphatic rings. The maximum Gasteiger partial charge on any atom is 0.153 e. The van der Waals surface area contributed by atoms with Crippen molar-refractivity contribution < 1.29 is 18.1 Å². The molecule has 0 spiro atoms. The van der Waals surface area contributed by atoms with Gasteiger partial charge in [0.15, 0.2) is 15.7 Å². The van der Waals surface area contributed by atoms with E-state index in [4.69, 9.17) is 5.53 Å². The van der Waals surface area contributed by atoms with Crippen LogP contribution >= 0.6 is 12.2 Å². The van der Waals surface area contributed by atoms with E-state index in [1.807, 2.05) is 0 Å². The summed E-state index contributed by atoms with van der Waals surface area (Å²) in [7, 11) is -3.00. The fourth-order valence-corrected chi connectivity index (χ4v) is 3.53. The van der Waals surface area contributed by atoms with Crippen molar-refractivity contribution in [3.63, 3.8) is 0 Å². The van der Waals surface area contributed by atoms with Crippen LogP contribution < -0.4 is 10.2 Å². The number of hydrogen-bond donors (Lipinski definition) is 2. The highest BCUT2D eigenvalue weighted by atomic mass is 32.2. The molecule has 1 aromatic carbocycles. The molecule has 0 bridgehead atoms. The summed E-state index contributed by atoms with van der Waals surface area (Å²) in [4.78, 5) is 5.42. The molecule has 0 atom stereocenters. The zero-order chi connectivity index (χ0) is 17.6. The maximum absolute atomic E-state index is 14.3. The van der Waals surface area contributed by atoms with Crippen LogP contribution in [0.1, 0.15) is 0 Å². The molecule has 24 heavy (non-hydrogen) atoms. The van der Waals surface area contributed by atoms with Gasteiger partial charge >= 0.3 is 0 Å². The van der Waals surface area contributed by atoms with E-state index in [1.54, 1.807) is 28.5 Å². The molecule has 0 amide bonds. The second kappa shape index (κ2) is 8.20. The molecule has 128 valence electrons. The van der Waals surface area contributed by atoms with Crippen LogP contribution in [-0.4, -0.2) is 44.7 Å². The summed E-state index contributed by atoms with van der Waals surface area (Å²) in [5, 5.41) is 7.12. The highest BCUT2D eigenvalue weighted by molar-refractivity contribution is 7.91. The van der Waals surface area contributed by atoms with E-state index < -0.39 is 15.7 Å². The lowest BCUT2D eigenvalue weighted by molar-refractivity contribution is -0.497. The smallest absolute Gasteiger partial charge is 0.153 e. The molecule has 0 aromatic heterocycles. The van der Waals surface area contributed by atoms with Gasteiger partial charge in [0.05, 0.1) is 28.9 Å². The van der Waals surface area contributed by atoms with Crippen molar-refractivity contribution in [2.24, 2.45) is 10.1 Å². The number of nitrogens with two attached hydrogens (primary N) is 1. The van der Waals surface area contributed by atoms with E-state index in [0.29, 0.717) is 30.2 Å². The monoisotopic (exact) mass is 370 g/mol. The third kappa shape index (κ3) is 5.00. The first-order chi connectivity index (χ1) is 11.4. The number of anilines is 1. The third-order valence-electron chi connectivity index (χ3n) is 3.57. The highest BCUT2D eigenvalue weighted by Gasteiger charge is 2.23. The molecule has 1 aromatic rings. The van der Waals surface area contributed by atoms with Gasteiger partial charge in [-0.05, 0) is 18.3 Å². The van der Waals surface area contributed by atoms with Gasteiger partial charge < -0.3 is 4.90 Å². The van der Waals surface area contributed by atoms with Gasteiger partial charge in [0, 0.05) is 25.2 Å². The van der Waals surface area contributed by atoms with Crippen LogP contribution in [0.2, 0.25) is 0 Å². The van der Waals surface area contributed by atoms with Crippen molar-refractivity contribution in [1.29, 1.82) is 5.53 Å². The SMILES string of the molecule is N=N/C(=C\[NH2+]c1ccc(N2CCS(=O)(=O)CC2)c(F)c1)CN=C=S. The van der Waals surface area contributed by atoms with Crippen LogP contribution in [0.4, 0.5) is 15.8 Å². The highest BCUT2D eigenvalue weighted by Crippen LogP contribution is 2.23.